The standard InChI is InChI=1S/C20H28N6O/c1-12(2)23-20-21-10-14(11-22-20)16-9-17(27)24-19-18(16)13(3)25-26(19)15-7-5-4-6-8-15/h10-12,15-16H,4-9H2,1-3H3,(H,24,27)(H,21,22,23). The summed E-state index contributed by atoms with van der Waals surface area (Å²) in [6.07, 6.45) is 10.1. The second-order valence-corrected chi connectivity index (χ2v) is 8.03. The highest BCUT2D eigenvalue weighted by Crippen LogP contribution is 2.41. The van der Waals surface area contributed by atoms with Crippen molar-refractivity contribution in [2.75, 3.05) is 10.6 Å². The van der Waals surface area contributed by atoms with Crippen molar-refractivity contribution in [2.24, 2.45) is 0 Å². The molecule has 1 amide bonds. The number of anilines is 2. The second-order valence-electron chi connectivity index (χ2n) is 8.03. The number of hydrogen-bond acceptors (Lipinski definition) is 5. The lowest BCUT2D eigenvalue weighted by Crippen LogP contribution is -2.27. The van der Waals surface area contributed by atoms with E-state index >= 15 is 0 Å². The third kappa shape index (κ3) is 3.55. The van der Waals surface area contributed by atoms with Crippen molar-refractivity contribution < 1.29 is 4.79 Å². The molecule has 0 spiro atoms. The largest absolute Gasteiger partial charge is 0.352 e. The van der Waals surface area contributed by atoms with Gasteiger partial charge in [-0.3, -0.25) is 4.79 Å². The van der Waals surface area contributed by atoms with E-state index in [2.05, 4.69) is 39.1 Å². The predicted octanol–water partition coefficient (Wildman–Crippen LogP) is 3.78. The molecule has 0 saturated heterocycles. The third-order valence-electron chi connectivity index (χ3n) is 5.54. The van der Waals surface area contributed by atoms with Crippen molar-refractivity contribution in [1.29, 1.82) is 0 Å². The van der Waals surface area contributed by atoms with Crippen LogP contribution in [0.3, 0.4) is 0 Å². The Labute approximate surface area is 160 Å². The lowest BCUT2D eigenvalue weighted by molar-refractivity contribution is -0.116. The lowest BCUT2D eigenvalue weighted by Gasteiger charge is -2.28. The van der Waals surface area contributed by atoms with Crippen LogP contribution in [-0.4, -0.2) is 31.7 Å². The third-order valence-corrected chi connectivity index (χ3v) is 5.54. The normalized spacial score (nSPS) is 20.4. The van der Waals surface area contributed by atoms with Crippen molar-refractivity contribution >= 4 is 17.7 Å². The molecular weight excluding hydrogens is 340 g/mol. The van der Waals surface area contributed by atoms with Crippen molar-refractivity contribution in [3.8, 4) is 0 Å². The summed E-state index contributed by atoms with van der Waals surface area (Å²) >= 11 is 0. The highest BCUT2D eigenvalue weighted by Gasteiger charge is 2.34. The number of carbonyl (C=O) groups excluding carboxylic acids is 1. The molecule has 0 radical (unpaired) electrons. The summed E-state index contributed by atoms with van der Waals surface area (Å²) in [6, 6.07) is 0.660. The number of rotatable bonds is 4. The highest BCUT2D eigenvalue weighted by molar-refractivity contribution is 5.94. The Hall–Kier alpha value is -2.44. The maximum atomic E-state index is 12.5. The van der Waals surface area contributed by atoms with Gasteiger partial charge >= 0.3 is 0 Å². The summed E-state index contributed by atoms with van der Waals surface area (Å²) < 4.78 is 2.07. The molecule has 7 nitrogen and oxygen atoms in total. The zero-order valence-electron chi connectivity index (χ0n) is 16.3. The van der Waals surface area contributed by atoms with Crippen LogP contribution in [0, 0.1) is 6.92 Å². The fourth-order valence-corrected chi connectivity index (χ4v) is 4.30. The van der Waals surface area contributed by atoms with Crippen LogP contribution in [-0.2, 0) is 4.79 Å². The quantitative estimate of drug-likeness (QED) is 0.858. The number of carbonyl (C=O) groups is 1. The fourth-order valence-electron chi connectivity index (χ4n) is 4.30. The van der Waals surface area contributed by atoms with Gasteiger partial charge < -0.3 is 10.6 Å². The van der Waals surface area contributed by atoms with Crippen LogP contribution in [0.1, 0.15) is 81.2 Å². The zero-order chi connectivity index (χ0) is 19.0. The van der Waals surface area contributed by atoms with E-state index in [9.17, 15) is 4.79 Å². The summed E-state index contributed by atoms with van der Waals surface area (Å²) in [5, 5.41) is 11.1. The fraction of sp³-hybridized carbons (Fsp3) is 0.600. The van der Waals surface area contributed by atoms with Gasteiger partial charge in [-0.1, -0.05) is 19.3 Å². The van der Waals surface area contributed by atoms with E-state index in [1.54, 1.807) is 0 Å². The number of aromatic nitrogens is 4. The van der Waals surface area contributed by atoms with Gasteiger partial charge in [0.25, 0.3) is 0 Å². The molecule has 2 N–H and O–H groups in total. The smallest absolute Gasteiger partial charge is 0.226 e. The van der Waals surface area contributed by atoms with Gasteiger partial charge in [0.05, 0.1) is 11.7 Å². The zero-order valence-corrected chi connectivity index (χ0v) is 16.3. The maximum absolute atomic E-state index is 12.5. The van der Waals surface area contributed by atoms with E-state index in [4.69, 9.17) is 5.10 Å². The molecule has 4 rings (SSSR count). The summed E-state index contributed by atoms with van der Waals surface area (Å²) in [5.41, 5.74) is 3.07. The molecule has 144 valence electrons. The van der Waals surface area contributed by atoms with Crippen LogP contribution < -0.4 is 10.6 Å². The summed E-state index contributed by atoms with van der Waals surface area (Å²) in [6.45, 7) is 6.15. The lowest BCUT2D eigenvalue weighted by atomic mass is 9.87. The van der Waals surface area contributed by atoms with Crippen molar-refractivity contribution in [3.05, 3.63) is 29.2 Å². The molecule has 1 atom stereocenters. The number of fused-ring (bicyclic) bond motifs is 1. The number of nitrogens with one attached hydrogen (secondary N) is 2. The summed E-state index contributed by atoms with van der Waals surface area (Å²) in [5.74, 6) is 1.49. The van der Waals surface area contributed by atoms with E-state index in [1.807, 2.05) is 19.3 Å². The van der Waals surface area contributed by atoms with E-state index in [0.717, 1.165) is 35.5 Å². The Balaban J connectivity index is 1.68. The number of hydrogen-bond donors (Lipinski definition) is 2. The minimum absolute atomic E-state index is 0.0360. The Bertz CT molecular complexity index is 820. The van der Waals surface area contributed by atoms with Crippen LogP contribution >= 0.6 is 0 Å². The Morgan fingerprint density at radius 3 is 2.56 bits per heavy atom. The van der Waals surface area contributed by atoms with Crippen LogP contribution in [0.15, 0.2) is 12.4 Å². The minimum atomic E-state index is -0.0424. The van der Waals surface area contributed by atoms with Crippen molar-refractivity contribution in [3.63, 3.8) is 0 Å². The van der Waals surface area contributed by atoms with Crippen molar-refractivity contribution in [1.82, 2.24) is 19.7 Å². The number of aryl methyl sites for hydroxylation is 1. The minimum Gasteiger partial charge on any atom is -0.352 e. The molecule has 2 aromatic heterocycles. The van der Waals surface area contributed by atoms with Gasteiger partial charge in [-0.2, -0.15) is 5.10 Å². The van der Waals surface area contributed by atoms with Crippen LogP contribution in [0.25, 0.3) is 0 Å². The monoisotopic (exact) mass is 368 g/mol. The Kier molecular flexibility index (Phi) is 4.85. The van der Waals surface area contributed by atoms with Gasteiger partial charge in [-0.15, -0.1) is 0 Å². The van der Waals surface area contributed by atoms with E-state index in [1.165, 1.54) is 19.3 Å². The van der Waals surface area contributed by atoms with Gasteiger partial charge in [-0.05, 0) is 39.2 Å². The van der Waals surface area contributed by atoms with Gasteiger partial charge in [0.1, 0.15) is 5.82 Å². The van der Waals surface area contributed by atoms with Crippen LogP contribution in [0.4, 0.5) is 11.8 Å². The van der Waals surface area contributed by atoms with E-state index < -0.39 is 0 Å². The second kappa shape index (κ2) is 7.29. The van der Waals surface area contributed by atoms with Crippen LogP contribution in [0.2, 0.25) is 0 Å². The van der Waals surface area contributed by atoms with Crippen LogP contribution in [0.5, 0.6) is 0 Å². The molecule has 1 fully saturated rings. The first kappa shape index (κ1) is 17.9. The molecule has 3 heterocycles. The first-order valence-electron chi connectivity index (χ1n) is 10.00. The summed E-state index contributed by atoms with van der Waals surface area (Å²) in [7, 11) is 0. The van der Waals surface area contributed by atoms with Gasteiger partial charge in [0.2, 0.25) is 11.9 Å². The molecule has 7 heteroatoms. The molecule has 1 saturated carbocycles. The highest BCUT2D eigenvalue weighted by atomic mass is 16.1. The Morgan fingerprint density at radius 1 is 1.19 bits per heavy atom. The molecule has 1 aliphatic carbocycles. The van der Waals surface area contributed by atoms with Gasteiger partial charge in [-0.25, -0.2) is 14.6 Å². The van der Waals surface area contributed by atoms with E-state index in [0.29, 0.717) is 18.4 Å². The molecule has 27 heavy (non-hydrogen) atoms. The van der Waals surface area contributed by atoms with Gasteiger partial charge in [0, 0.05) is 36.3 Å². The van der Waals surface area contributed by atoms with Gasteiger partial charge in [0.15, 0.2) is 0 Å². The molecule has 1 aliphatic heterocycles. The average molecular weight is 368 g/mol. The van der Waals surface area contributed by atoms with E-state index in [-0.39, 0.29) is 17.9 Å². The Morgan fingerprint density at radius 2 is 1.89 bits per heavy atom. The first-order valence-corrected chi connectivity index (χ1v) is 10.00. The summed E-state index contributed by atoms with van der Waals surface area (Å²) in [4.78, 5) is 21.3. The van der Waals surface area contributed by atoms with Crippen molar-refractivity contribution in [2.45, 2.75) is 77.3 Å². The molecule has 2 aliphatic rings. The molecule has 0 aromatic carbocycles. The SMILES string of the molecule is Cc1nn(C2CCCCC2)c2c1C(c1cnc(NC(C)C)nc1)CC(=O)N2. The number of amides is 1. The number of nitrogens with zero attached hydrogens (tertiary/aromatic N) is 4. The molecule has 2 aromatic rings. The average Bonchev–Trinajstić information content (AvgIpc) is 2.98. The first-order chi connectivity index (χ1) is 13.0. The molecule has 0 bridgehead atoms. The maximum Gasteiger partial charge on any atom is 0.226 e. The molecule has 1 unspecified atom stereocenters. The molecular formula is C20H28N6O. The predicted molar refractivity (Wildman–Crippen MR) is 105 cm³/mol. The topological polar surface area (TPSA) is 84.7 Å².